The Labute approximate surface area is 112 Å². The predicted octanol–water partition coefficient (Wildman–Crippen LogP) is 1.72. The number of benzene rings is 1. The van der Waals surface area contributed by atoms with Gasteiger partial charge in [-0.2, -0.15) is 0 Å². The summed E-state index contributed by atoms with van der Waals surface area (Å²) in [6.45, 7) is 0. The van der Waals surface area contributed by atoms with Gasteiger partial charge in [-0.3, -0.25) is 4.79 Å². The number of rotatable bonds is 4. The van der Waals surface area contributed by atoms with Crippen molar-refractivity contribution < 1.29 is 23.1 Å². The first-order valence-corrected chi connectivity index (χ1v) is 7.62. The van der Waals surface area contributed by atoms with Crippen LogP contribution in [0.15, 0.2) is 29.2 Å². The summed E-state index contributed by atoms with van der Waals surface area (Å²) in [6, 6.07) is 6.06. The van der Waals surface area contributed by atoms with Crippen molar-refractivity contribution in [3.8, 4) is 5.75 Å². The highest BCUT2D eigenvalue weighted by atomic mass is 32.2. The highest BCUT2D eigenvalue weighted by Gasteiger charge is 2.42. The van der Waals surface area contributed by atoms with Crippen LogP contribution in [0.1, 0.15) is 19.3 Å². The number of methoxy groups -OCH3 is 1. The highest BCUT2D eigenvalue weighted by molar-refractivity contribution is 7.92. The number of aliphatic carboxylic acids is 1. The highest BCUT2D eigenvalue weighted by Crippen LogP contribution is 2.35. The molecule has 104 valence electrons. The van der Waals surface area contributed by atoms with Gasteiger partial charge in [-0.05, 0) is 37.1 Å². The first-order valence-electron chi connectivity index (χ1n) is 6.07. The van der Waals surface area contributed by atoms with E-state index in [-0.39, 0.29) is 4.90 Å². The monoisotopic (exact) mass is 284 g/mol. The fourth-order valence-corrected chi connectivity index (χ4v) is 4.55. The van der Waals surface area contributed by atoms with E-state index in [2.05, 4.69) is 0 Å². The van der Waals surface area contributed by atoms with E-state index in [1.807, 2.05) is 0 Å². The Morgan fingerprint density at radius 2 is 1.89 bits per heavy atom. The zero-order valence-corrected chi connectivity index (χ0v) is 11.4. The molecule has 0 radical (unpaired) electrons. The van der Waals surface area contributed by atoms with Gasteiger partial charge in [0.05, 0.1) is 23.2 Å². The van der Waals surface area contributed by atoms with Crippen LogP contribution >= 0.6 is 0 Å². The summed E-state index contributed by atoms with van der Waals surface area (Å²) in [6.07, 6.45) is 1.47. The van der Waals surface area contributed by atoms with Gasteiger partial charge < -0.3 is 9.84 Å². The minimum absolute atomic E-state index is 0.159. The van der Waals surface area contributed by atoms with E-state index in [4.69, 9.17) is 9.84 Å². The van der Waals surface area contributed by atoms with Crippen LogP contribution in [0.4, 0.5) is 0 Å². The first kappa shape index (κ1) is 13.9. The maximum absolute atomic E-state index is 12.4. The molecule has 1 fully saturated rings. The molecule has 1 aromatic carbocycles. The molecule has 5 nitrogen and oxygen atoms in total. The molecule has 0 spiro atoms. The van der Waals surface area contributed by atoms with E-state index in [1.165, 1.54) is 19.2 Å². The van der Waals surface area contributed by atoms with Crippen molar-refractivity contribution in [3.05, 3.63) is 24.3 Å². The van der Waals surface area contributed by atoms with E-state index < -0.39 is 27.0 Å². The summed E-state index contributed by atoms with van der Waals surface area (Å²) in [4.78, 5) is 11.3. The van der Waals surface area contributed by atoms with Crippen LogP contribution < -0.4 is 4.74 Å². The van der Waals surface area contributed by atoms with Gasteiger partial charge in [0.2, 0.25) is 0 Å². The number of carboxylic acid groups (broad SMARTS) is 1. The van der Waals surface area contributed by atoms with Gasteiger partial charge in [-0.15, -0.1) is 0 Å². The topological polar surface area (TPSA) is 80.7 Å². The van der Waals surface area contributed by atoms with Crippen LogP contribution in [0.3, 0.4) is 0 Å². The van der Waals surface area contributed by atoms with Crippen LogP contribution in [0, 0.1) is 5.92 Å². The van der Waals surface area contributed by atoms with E-state index >= 15 is 0 Å². The Morgan fingerprint density at radius 1 is 1.26 bits per heavy atom. The van der Waals surface area contributed by atoms with Gasteiger partial charge in [0.1, 0.15) is 5.75 Å². The van der Waals surface area contributed by atoms with E-state index in [9.17, 15) is 13.2 Å². The Hall–Kier alpha value is -1.56. The van der Waals surface area contributed by atoms with Crippen LogP contribution in [-0.2, 0) is 14.6 Å². The lowest BCUT2D eigenvalue weighted by Crippen LogP contribution is -2.30. The molecule has 1 saturated carbocycles. The lowest BCUT2D eigenvalue weighted by atomic mass is 10.1. The molecule has 6 heteroatoms. The summed E-state index contributed by atoms with van der Waals surface area (Å²) in [7, 11) is -2.09. The minimum atomic E-state index is -3.59. The third-order valence-corrected chi connectivity index (χ3v) is 5.85. The number of hydrogen-bond donors (Lipinski definition) is 1. The van der Waals surface area contributed by atoms with Crippen LogP contribution in [0.2, 0.25) is 0 Å². The fourth-order valence-electron chi connectivity index (χ4n) is 2.52. The molecule has 0 amide bonds. The molecule has 1 N–H and O–H groups in total. The third-order valence-electron chi connectivity index (χ3n) is 3.56. The van der Waals surface area contributed by atoms with Gasteiger partial charge in [0, 0.05) is 0 Å². The lowest BCUT2D eigenvalue weighted by molar-refractivity contribution is -0.141. The van der Waals surface area contributed by atoms with E-state index in [0.29, 0.717) is 25.0 Å². The molecule has 0 heterocycles. The Kier molecular flexibility index (Phi) is 3.80. The number of ether oxygens (including phenoxy) is 1. The molecule has 19 heavy (non-hydrogen) atoms. The SMILES string of the molecule is COc1ccc(S(=O)(=O)[C@H]2CCC[C@@H]2C(=O)O)cc1. The first-order chi connectivity index (χ1) is 8.96. The molecule has 0 bridgehead atoms. The molecule has 2 atom stereocenters. The van der Waals surface area contributed by atoms with Gasteiger partial charge in [0.25, 0.3) is 0 Å². The minimum Gasteiger partial charge on any atom is -0.497 e. The number of hydrogen-bond acceptors (Lipinski definition) is 4. The molecule has 0 saturated heterocycles. The van der Waals surface area contributed by atoms with Crippen molar-refractivity contribution in [3.63, 3.8) is 0 Å². The van der Waals surface area contributed by atoms with Crippen molar-refractivity contribution >= 4 is 15.8 Å². The van der Waals surface area contributed by atoms with Crippen molar-refractivity contribution in [2.45, 2.75) is 29.4 Å². The molecule has 1 aliphatic rings. The Balaban J connectivity index is 2.33. The summed E-state index contributed by atoms with van der Waals surface area (Å²) in [5, 5.41) is 8.27. The van der Waals surface area contributed by atoms with Crippen molar-refractivity contribution in [2.24, 2.45) is 5.92 Å². The smallest absolute Gasteiger partial charge is 0.307 e. The maximum Gasteiger partial charge on any atom is 0.307 e. The fraction of sp³-hybridized carbons (Fsp3) is 0.462. The van der Waals surface area contributed by atoms with Gasteiger partial charge in [-0.25, -0.2) is 8.42 Å². The predicted molar refractivity (Wildman–Crippen MR) is 68.9 cm³/mol. The lowest BCUT2D eigenvalue weighted by Gasteiger charge is -2.16. The number of sulfone groups is 1. The van der Waals surface area contributed by atoms with Gasteiger partial charge >= 0.3 is 5.97 Å². The molecule has 0 aliphatic heterocycles. The van der Waals surface area contributed by atoms with Crippen LogP contribution in [0.5, 0.6) is 5.75 Å². The average Bonchev–Trinajstić information content (AvgIpc) is 2.89. The molecule has 2 rings (SSSR count). The third kappa shape index (κ3) is 2.58. The molecular weight excluding hydrogens is 268 g/mol. The second-order valence-electron chi connectivity index (χ2n) is 4.63. The second kappa shape index (κ2) is 5.21. The molecule has 1 aromatic rings. The van der Waals surface area contributed by atoms with E-state index in [0.717, 1.165) is 0 Å². The largest absolute Gasteiger partial charge is 0.497 e. The van der Waals surface area contributed by atoms with Gasteiger partial charge in [-0.1, -0.05) is 6.42 Å². The number of carboxylic acids is 1. The normalized spacial score (nSPS) is 23.2. The zero-order valence-electron chi connectivity index (χ0n) is 10.6. The van der Waals surface area contributed by atoms with Gasteiger partial charge in [0.15, 0.2) is 9.84 Å². The summed E-state index contributed by atoms with van der Waals surface area (Å²) < 4.78 is 29.9. The summed E-state index contributed by atoms with van der Waals surface area (Å²) in [5.74, 6) is -1.26. The maximum atomic E-state index is 12.4. The van der Waals surface area contributed by atoms with Crippen LogP contribution in [0.25, 0.3) is 0 Å². The molecule has 0 unspecified atom stereocenters. The molecule has 1 aliphatic carbocycles. The van der Waals surface area contributed by atoms with Crippen molar-refractivity contribution in [2.75, 3.05) is 7.11 Å². The van der Waals surface area contributed by atoms with Crippen molar-refractivity contribution in [1.29, 1.82) is 0 Å². The second-order valence-corrected chi connectivity index (χ2v) is 6.80. The van der Waals surface area contributed by atoms with Crippen LogP contribution in [-0.4, -0.2) is 31.9 Å². The quantitative estimate of drug-likeness (QED) is 0.910. The Morgan fingerprint density at radius 3 is 2.42 bits per heavy atom. The summed E-state index contributed by atoms with van der Waals surface area (Å²) in [5.41, 5.74) is 0. The standard InChI is InChI=1S/C13H16O5S/c1-18-9-5-7-10(8-6-9)19(16,17)12-4-2-3-11(12)13(14)15/h5-8,11-12H,2-4H2,1H3,(H,14,15)/t11-,12-/m0/s1. The molecular formula is C13H16O5S. The van der Waals surface area contributed by atoms with Crippen molar-refractivity contribution in [1.82, 2.24) is 0 Å². The van der Waals surface area contributed by atoms with E-state index in [1.54, 1.807) is 12.1 Å². The summed E-state index contributed by atoms with van der Waals surface area (Å²) >= 11 is 0. The molecule has 0 aromatic heterocycles. The number of carbonyl (C=O) groups is 1. The average molecular weight is 284 g/mol. The Bertz CT molecular complexity index is 561. The zero-order chi connectivity index (χ0) is 14.0.